The first-order valence-corrected chi connectivity index (χ1v) is 12.8. The zero-order valence-corrected chi connectivity index (χ0v) is 21.3. The third kappa shape index (κ3) is 2.76. The van der Waals surface area contributed by atoms with Gasteiger partial charge >= 0.3 is 5.97 Å². The Kier molecular flexibility index (Phi) is 5.24. The van der Waals surface area contributed by atoms with E-state index in [1.165, 1.54) is 6.92 Å². The van der Waals surface area contributed by atoms with Crippen molar-refractivity contribution in [2.75, 3.05) is 0 Å². The van der Waals surface area contributed by atoms with Gasteiger partial charge in [0.1, 0.15) is 28.7 Å². The van der Waals surface area contributed by atoms with Crippen LogP contribution in [0.15, 0.2) is 34.9 Å². The molecule has 4 N–H and O–H groups in total. The van der Waals surface area contributed by atoms with E-state index >= 15 is 0 Å². The molecule has 9 atom stereocenters. The highest BCUT2D eigenvalue weighted by Gasteiger charge is 2.79. The van der Waals surface area contributed by atoms with Crippen LogP contribution in [0.3, 0.4) is 0 Å². The summed E-state index contributed by atoms with van der Waals surface area (Å²) in [6.07, 6.45) is 5.20. The Hall–Kier alpha value is -1.80. The Balaban J connectivity index is 1.58. The first kappa shape index (κ1) is 24.9. The molecular formula is C28H38O7. The van der Waals surface area contributed by atoms with Crippen molar-refractivity contribution < 1.29 is 34.8 Å². The van der Waals surface area contributed by atoms with Gasteiger partial charge in [0.15, 0.2) is 0 Å². The lowest BCUT2D eigenvalue weighted by atomic mass is 9.44. The number of rotatable bonds is 2. The number of ketones is 1. The van der Waals surface area contributed by atoms with E-state index in [4.69, 9.17) is 4.74 Å². The summed E-state index contributed by atoms with van der Waals surface area (Å²) in [5.74, 6) is -1.09. The van der Waals surface area contributed by atoms with Gasteiger partial charge in [-0.2, -0.15) is 0 Å². The second-order valence-corrected chi connectivity index (χ2v) is 12.3. The van der Waals surface area contributed by atoms with Crippen molar-refractivity contribution in [2.24, 2.45) is 22.7 Å². The van der Waals surface area contributed by atoms with Gasteiger partial charge in [-0.15, -0.1) is 0 Å². The molecule has 5 rings (SSSR count). The number of hydrogen-bond acceptors (Lipinski definition) is 7. The van der Waals surface area contributed by atoms with Gasteiger partial charge in [0.05, 0.1) is 11.5 Å². The number of aliphatic hydroxyl groups excluding tert-OH is 1. The fourth-order valence-corrected chi connectivity index (χ4v) is 8.41. The van der Waals surface area contributed by atoms with Crippen molar-refractivity contribution in [3.63, 3.8) is 0 Å². The van der Waals surface area contributed by atoms with E-state index in [0.717, 1.165) is 11.1 Å². The average Bonchev–Trinajstić information content (AvgIpc) is 2.96. The van der Waals surface area contributed by atoms with Crippen LogP contribution in [0.2, 0.25) is 0 Å². The summed E-state index contributed by atoms with van der Waals surface area (Å²) in [6.45, 7) is 8.60. The van der Waals surface area contributed by atoms with Crippen LogP contribution in [0.25, 0.3) is 0 Å². The van der Waals surface area contributed by atoms with Gasteiger partial charge in [-0.3, -0.25) is 4.79 Å². The maximum absolute atomic E-state index is 13.2. The van der Waals surface area contributed by atoms with Crippen molar-refractivity contribution in [1.29, 1.82) is 0 Å². The van der Waals surface area contributed by atoms with Crippen molar-refractivity contribution in [1.82, 2.24) is 0 Å². The number of cyclic esters (lactones) is 1. The topological polar surface area (TPSA) is 124 Å². The SMILES string of the molecule is CC1=C(C)C(=O)O[C@@H]([C@](C)(O)[C@]2(O)C[C@@H](O)[C@@]3(O)[C@@H]4CC=C5C=CCC(=O)[C@]5(C)C4CC[C@@]32C)C1. The molecule has 192 valence electrons. The first-order valence-electron chi connectivity index (χ1n) is 12.8. The quantitative estimate of drug-likeness (QED) is 0.442. The number of carbonyl (C=O) groups is 2. The Morgan fingerprint density at radius 1 is 1.14 bits per heavy atom. The minimum absolute atomic E-state index is 0.106. The Labute approximate surface area is 206 Å². The van der Waals surface area contributed by atoms with E-state index in [1.54, 1.807) is 20.8 Å². The van der Waals surface area contributed by atoms with Crippen LogP contribution in [0, 0.1) is 22.7 Å². The number of hydrogen-bond donors (Lipinski definition) is 4. The molecule has 0 radical (unpaired) electrons. The van der Waals surface area contributed by atoms with Crippen LogP contribution < -0.4 is 0 Å². The molecule has 5 aliphatic rings. The second kappa shape index (κ2) is 7.37. The smallest absolute Gasteiger partial charge is 0.334 e. The van der Waals surface area contributed by atoms with Crippen LogP contribution in [0.5, 0.6) is 0 Å². The van der Waals surface area contributed by atoms with Gasteiger partial charge in [-0.1, -0.05) is 30.7 Å². The maximum Gasteiger partial charge on any atom is 0.334 e. The molecule has 2 fully saturated rings. The molecule has 1 aliphatic heterocycles. The molecule has 0 aromatic carbocycles. The minimum Gasteiger partial charge on any atom is -0.455 e. The molecule has 0 amide bonds. The van der Waals surface area contributed by atoms with Gasteiger partial charge in [0.25, 0.3) is 0 Å². The second-order valence-electron chi connectivity index (χ2n) is 12.3. The van der Waals surface area contributed by atoms with Gasteiger partial charge in [0, 0.05) is 30.3 Å². The zero-order valence-electron chi connectivity index (χ0n) is 21.3. The van der Waals surface area contributed by atoms with Gasteiger partial charge in [0.2, 0.25) is 0 Å². The Morgan fingerprint density at radius 3 is 2.49 bits per heavy atom. The molecule has 1 unspecified atom stereocenters. The molecular weight excluding hydrogens is 448 g/mol. The van der Waals surface area contributed by atoms with E-state index in [1.807, 2.05) is 25.2 Å². The van der Waals surface area contributed by atoms with E-state index in [-0.39, 0.29) is 24.5 Å². The Morgan fingerprint density at radius 2 is 1.83 bits per heavy atom. The van der Waals surface area contributed by atoms with Crippen molar-refractivity contribution in [3.8, 4) is 0 Å². The lowest BCUT2D eigenvalue weighted by molar-refractivity contribution is -0.283. The molecule has 2 saturated carbocycles. The molecule has 0 aromatic heterocycles. The summed E-state index contributed by atoms with van der Waals surface area (Å²) in [5.41, 5.74) is -5.42. The van der Waals surface area contributed by atoms with E-state index < -0.39 is 51.7 Å². The van der Waals surface area contributed by atoms with Crippen molar-refractivity contribution in [3.05, 3.63) is 34.9 Å². The van der Waals surface area contributed by atoms with Crippen molar-refractivity contribution in [2.45, 2.75) is 102 Å². The van der Waals surface area contributed by atoms with Crippen LogP contribution in [-0.4, -0.2) is 61.2 Å². The normalized spacial score (nSPS) is 49.0. The summed E-state index contributed by atoms with van der Waals surface area (Å²) in [5, 5.41) is 47.9. The standard InChI is InChI=1S/C28H38O7/c1-15-13-22(35-23(31)16(15)2)26(5,32)27(33)14-21(30)28(34)19-10-9-17-7-6-8-20(29)25(17,4)18(19)11-12-24(27,28)3/h6-7,9,18-19,21-22,30,32-34H,8,10-14H2,1-5H3/t18?,19-,21-,22-,24-,25+,26+,27+,28+/m1/s1. The molecule has 0 saturated heterocycles. The number of aliphatic hydroxyl groups is 4. The van der Waals surface area contributed by atoms with E-state index in [2.05, 4.69) is 0 Å². The number of allylic oxidation sites excluding steroid dienone is 4. The highest BCUT2D eigenvalue weighted by atomic mass is 16.6. The fraction of sp³-hybridized carbons (Fsp3) is 0.714. The monoisotopic (exact) mass is 486 g/mol. The predicted molar refractivity (Wildman–Crippen MR) is 128 cm³/mol. The molecule has 7 nitrogen and oxygen atoms in total. The van der Waals surface area contributed by atoms with Gasteiger partial charge < -0.3 is 25.2 Å². The van der Waals surface area contributed by atoms with Gasteiger partial charge in [-0.25, -0.2) is 4.79 Å². The summed E-state index contributed by atoms with van der Waals surface area (Å²) in [7, 11) is 0. The summed E-state index contributed by atoms with van der Waals surface area (Å²) in [6, 6.07) is 0. The van der Waals surface area contributed by atoms with Gasteiger partial charge in [-0.05, 0) is 64.4 Å². The molecule has 35 heavy (non-hydrogen) atoms. The third-order valence-electron chi connectivity index (χ3n) is 11.1. The number of esters is 1. The molecule has 0 bridgehead atoms. The third-order valence-corrected chi connectivity index (χ3v) is 11.1. The number of carbonyl (C=O) groups excluding carboxylic acids is 2. The largest absolute Gasteiger partial charge is 0.455 e. The van der Waals surface area contributed by atoms with E-state index in [9.17, 15) is 30.0 Å². The summed E-state index contributed by atoms with van der Waals surface area (Å²) < 4.78 is 5.58. The molecule has 0 spiro atoms. The zero-order chi connectivity index (χ0) is 25.8. The van der Waals surface area contributed by atoms with Crippen LogP contribution in [0.4, 0.5) is 0 Å². The minimum atomic E-state index is -1.93. The van der Waals surface area contributed by atoms with Crippen molar-refractivity contribution >= 4 is 11.8 Å². The average molecular weight is 487 g/mol. The first-order chi connectivity index (χ1) is 16.2. The summed E-state index contributed by atoms with van der Waals surface area (Å²) in [4.78, 5) is 25.6. The summed E-state index contributed by atoms with van der Waals surface area (Å²) >= 11 is 0. The van der Waals surface area contributed by atoms with E-state index in [0.29, 0.717) is 31.3 Å². The highest BCUT2D eigenvalue weighted by molar-refractivity contribution is 5.92. The fourth-order valence-electron chi connectivity index (χ4n) is 8.41. The predicted octanol–water partition coefficient (Wildman–Crippen LogP) is 2.51. The van der Waals surface area contributed by atoms with Crippen LogP contribution >= 0.6 is 0 Å². The lowest BCUT2D eigenvalue weighted by Crippen LogP contribution is -2.72. The maximum atomic E-state index is 13.2. The highest BCUT2D eigenvalue weighted by Crippen LogP contribution is 2.70. The number of Topliss-reactive ketones (excluding diaryl/α,β-unsaturated/α-hetero) is 1. The Bertz CT molecular complexity index is 1080. The van der Waals surface area contributed by atoms with Crippen LogP contribution in [-0.2, 0) is 14.3 Å². The molecule has 0 aromatic rings. The number of ether oxygens (including phenoxy) is 1. The lowest BCUT2D eigenvalue weighted by Gasteiger charge is -2.63. The number of fused-ring (bicyclic) bond motifs is 5. The molecule has 4 aliphatic carbocycles. The van der Waals surface area contributed by atoms with Crippen LogP contribution in [0.1, 0.15) is 73.1 Å². The molecule has 7 heteroatoms. The molecule has 1 heterocycles.